The summed E-state index contributed by atoms with van der Waals surface area (Å²) < 4.78 is 10.4. The van der Waals surface area contributed by atoms with Crippen LogP contribution in [0.3, 0.4) is 0 Å². The molecule has 0 bridgehead atoms. The maximum absolute atomic E-state index is 12.5. The van der Waals surface area contributed by atoms with E-state index in [1.54, 1.807) is 39.3 Å². The van der Waals surface area contributed by atoms with Crippen molar-refractivity contribution in [3.63, 3.8) is 0 Å². The molecule has 152 valence electrons. The lowest BCUT2D eigenvalue weighted by Gasteiger charge is -2.15. The number of hydrogen-bond donors (Lipinski definition) is 2. The number of carbonyl (C=O) groups excluding carboxylic acids is 2. The molecule has 0 spiro atoms. The Bertz CT molecular complexity index is 1020. The van der Waals surface area contributed by atoms with Gasteiger partial charge in [-0.15, -0.1) is 12.4 Å². The van der Waals surface area contributed by atoms with E-state index in [0.717, 1.165) is 11.4 Å². The third kappa shape index (κ3) is 4.75. The van der Waals surface area contributed by atoms with Crippen LogP contribution in [0.15, 0.2) is 48.7 Å². The van der Waals surface area contributed by atoms with E-state index >= 15 is 0 Å². The van der Waals surface area contributed by atoms with Gasteiger partial charge in [0.15, 0.2) is 0 Å². The van der Waals surface area contributed by atoms with E-state index < -0.39 is 5.97 Å². The molecule has 0 unspecified atom stereocenters. The van der Waals surface area contributed by atoms with Gasteiger partial charge < -0.3 is 20.1 Å². The van der Waals surface area contributed by atoms with Gasteiger partial charge in [0.25, 0.3) is 5.91 Å². The first kappa shape index (κ1) is 22.0. The van der Waals surface area contributed by atoms with Gasteiger partial charge in [0.1, 0.15) is 11.3 Å². The number of rotatable bonds is 6. The normalized spacial score (nSPS) is 10.0. The summed E-state index contributed by atoms with van der Waals surface area (Å²) in [7, 11) is 3.16. The Morgan fingerprint density at radius 3 is 2.45 bits per heavy atom. The van der Waals surface area contributed by atoms with Gasteiger partial charge in [0.2, 0.25) is 0 Å². The molecular formula is C21H22ClN3O4. The number of anilines is 2. The summed E-state index contributed by atoms with van der Waals surface area (Å²) in [4.78, 5) is 28.9. The maximum Gasteiger partial charge on any atom is 0.341 e. The third-order valence-corrected chi connectivity index (χ3v) is 4.21. The average Bonchev–Trinajstić information content (AvgIpc) is 2.73. The molecule has 0 fully saturated rings. The van der Waals surface area contributed by atoms with Crippen LogP contribution in [0.5, 0.6) is 5.75 Å². The third-order valence-electron chi connectivity index (χ3n) is 4.21. The number of hydrogen-bond acceptors (Lipinski definition) is 6. The Labute approximate surface area is 174 Å². The zero-order valence-corrected chi connectivity index (χ0v) is 17.1. The first-order chi connectivity index (χ1) is 13.6. The fourth-order valence-corrected chi connectivity index (χ4v) is 2.80. The number of fused-ring (bicyclic) bond motifs is 1. The van der Waals surface area contributed by atoms with Crippen LogP contribution >= 0.6 is 12.4 Å². The molecule has 2 N–H and O–H groups in total. The van der Waals surface area contributed by atoms with E-state index in [1.807, 2.05) is 24.3 Å². The molecule has 0 aliphatic carbocycles. The van der Waals surface area contributed by atoms with E-state index in [-0.39, 0.29) is 24.9 Å². The number of esters is 1. The van der Waals surface area contributed by atoms with Gasteiger partial charge in [-0.3, -0.25) is 9.78 Å². The first-order valence-electron chi connectivity index (χ1n) is 8.80. The number of benzene rings is 2. The Morgan fingerprint density at radius 1 is 1.10 bits per heavy atom. The minimum absolute atomic E-state index is 0. The molecule has 1 amide bonds. The SMILES string of the molecule is CCOC(=O)c1cnc2ccc(C(=O)NC)cc2c1Nc1ccc(OC)cc1.Cl. The number of aromatic nitrogens is 1. The Hall–Kier alpha value is -3.32. The van der Waals surface area contributed by atoms with Crippen molar-refractivity contribution in [2.45, 2.75) is 6.92 Å². The van der Waals surface area contributed by atoms with Crippen LogP contribution in [-0.2, 0) is 4.74 Å². The largest absolute Gasteiger partial charge is 0.497 e. The van der Waals surface area contributed by atoms with E-state index in [4.69, 9.17) is 9.47 Å². The number of pyridine rings is 1. The molecular weight excluding hydrogens is 394 g/mol. The van der Waals surface area contributed by atoms with Crippen molar-refractivity contribution in [3.05, 3.63) is 59.8 Å². The van der Waals surface area contributed by atoms with Gasteiger partial charge in [-0.25, -0.2) is 4.79 Å². The van der Waals surface area contributed by atoms with Crippen LogP contribution < -0.4 is 15.4 Å². The summed E-state index contributed by atoms with van der Waals surface area (Å²) in [6, 6.07) is 12.4. The molecule has 0 atom stereocenters. The second-order valence-corrected chi connectivity index (χ2v) is 5.93. The summed E-state index contributed by atoms with van der Waals surface area (Å²) in [6.45, 7) is 1.99. The van der Waals surface area contributed by atoms with Gasteiger partial charge in [-0.1, -0.05) is 0 Å². The maximum atomic E-state index is 12.5. The predicted octanol–water partition coefficient (Wildman–Crippen LogP) is 3.95. The molecule has 1 heterocycles. The first-order valence-corrected chi connectivity index (χ1v) is 8.80. The molecule has 0 aliphatic rings. The molecule has 0 saturated heterocycles. The highest BCUT2D eigenvalue weighted by atomic mass is 35.5. The zero-order chi connectivity index (χ0) is 20.1. The summed E-state index contributed by atoms with van der Waals surface area (Å²) in [5, 5.41) is 6.50. The van der Waals surface area contributed by atoms with E-state index in [0.29, 0.717) is 27.7 Å². The van der Waals surface area contributed by atoms with Crippen LogP contribution in [0.1, 0.15) is 27.6 Å². The quantitative estimate of drug-likeness (QED) is 0.592. The Kier molecular flexibility index (Phi) is 7.39. The fraction of sp³-hybridized carbons (Fsp3) is 0.190. The highest BCUT2D eigenvalue weighted by molar-refractivity contribution is 6.08. The van der Waals surface area contributed by atoms with Crippen molar-refractivity contribution in [2.24, 2.45) is 0 Å². The van der Waals surface area contributed by atoms with E-state index in [2.05, 4.69) is 15.6 Å². The Balaban J connectivity index is 0.00000300. The summed E-state index contributed by atoms with van der Waals surface area (Å²) in [5.74, 6) is 0.00903. The minimum atomic E-state index is -0.488. The number of nitrogens with one attached hydrogen (secondary N) is 2. The minimum Gasteiger partial charge on any atom is -0.497 e. The molecule has 8 heteroatoms. The molecule has 3 aromatic rings. The van der Waals surface area contributed by atoms with Crippen LogP contribution in [-0.4, -0.2) is 37.6 Å². The van der Waals surface area contributed by atoms with Crippen molar-refractivity contribution in [1.82, 2.24) is 10.3 Å². The molecule has 2 aromatic carbocycles. The predicted molar refractivity (Wildman–Crippen MR) is 115 cm³/mol. The van der Waals surface area contributed by atoms with Gasteiger partial charge in [0, 0.05) is 29.9 Å². The standard InChI is InChI=1S/C21H21N3O4.ClH/c1-4-28-21(26)17-12-23-18-10-5-13(20(25)22-2)11-16(18)19(17)24-14-6-8-15(27-3)9-7-14;/h5-12H,4H2,1-3H3,(H,22,25)(H,23,24);1H. The van der Waals surface area contributed by atoms with Crippen LogP contribution in [0, 0.1) is 0 Å². The van der Waals surface area contributed by atoms with Crippen LogP contribution in [0.2, 0.25) is 0 Å². The van der Waals surface area contributed by atoms with Crippen molar-refractivity contribution in [1.29, 1.82) is 0 Å². The second-order valence-electron chi connectivity index (χ2n) is 5.93. The summed E-state index contributed by atoms with van der Waals surface area (Å²) in [5.41, 5.74) is 2.69. The highest BCUT2D eigenvalue weighted by Gasteiger charge is 2.18. The highest BCUT2D eigenvalue weighted by Crippen LogP contribution is 2.31. The number of methoxy groups -OCH3 is 1. The lowest BCUT2D eigenvalue weighted by atomic mass is 10.1. The zero-order valence-electron chi connectivity index (χ0n) is 16.3. The van der Waals surface area contributed by atoms with Crippen LogP contribution in [0.4, 0.5) is 11.4 Å². The molecule has 1 aromatic heterocycles. The number of carbonyl (C=O) groups is 2. The smallest absolute Gasteiger partial charge is 0.341 e. The van der Waals surface area contributed by atoms with Crippen molar-refractivity contribution in [3.8, 4) is 5.75 Å². The van der Waals surface area contributed by atoms with E-state index in [9.17, 15) is 9.59 Å². The summed E-state index contributed by atoms with van der Waals surface area (Å²) in [6.07, 6.45) is 1.48. The van der Waals surface area contributed by atoms with Crippen molar-refractivity contribution < 1.29 is 19.1 Å². The molecule has 0 saturated carbocycles. The monoisotopic (exact) mass is 415 g/mol. The number of amides is 1. The fourth-order valence-electron chi connectivity index (χ4n) is 2.80. The molecule has 3 rings (SSSR count). The number of halogens is 1. The number of nitrogens with zero attached hydrogens (tertiary/aromatic N) is 1. The molecule has 0 aliphatic heterocycles. The number of ether oxygens (including phenoxy) is 2. The average molecular weight is 416 g/mol. The van der Waals surface area contributed by atoms with Gasteiger partial charge in [0.05, 0.1) is 24.9 Å². The lowest BCUT2D eigenvalue weighted by molar-refractivity contribution is 0.0527. The van der Waals surface area contributed by atoms with Gasteiger partial charge in [-0.05, 0) is 49.4 Å². The lowest BCUT2D eigenvalue weighted by Crippen LogP contribution is -2.17. The van der Waals surface area contributed by atoms with Crippen molar-refractivity contribution in [2.75, 3.05) is 26.1 Å². The van der Waals surface area contributed by atoms with E-state index in [1.165, 1.54) is 6.20 Å². The molecule has 7 nitrogen and oxygen atoms in total. The topological polar surface area (TPSA) is 89.5 Å². The molecule has 29 heavy (non-hydrogen) atoms. The molecule has 0 radical (unpaired) electrons. The Morgan fingerprint density at radius 2 is 1.83 bits per heavy atom. The second kappa shape index (κ2) is 9.75. The van der Waals surface area contributed by atoms with Gasteiger partial charge in [-0.2, -0.15) is 0 Å². The van der Waals surface area contributed by atoms with Crippen molar-refractivity contribution >= 4 is 46.6 Å². The summed E-state index contributed by atoms with van der Waals surface area (Å²) >= 11 is 0. The van der Waals surface area contributed by atoms with Gasteiger partial charge >= 0.3 is 5.97 Å². The van der Waals surface area contributed by atoms with Crippen LogP contribution in [0.25, 0.3) is 10.9 Å².